The van der Waals surface area contributed by atoms with E-state index in [2.05, 4.69) is 4.98 Å². The van der Waals surface area contributed by atoms with Crippen LogP contribution in [-0.2, 0) is 0 Å². The van der Waals surface area contributed by atoms with Crippen LogP contribution < -0.4 is 5.73 Å². The molecule has 0 radical (unpaired) electrons. The third-order valence-corrected chi connectivity index (χ3v) is 2.71. The second kappa shape index (κ2) is 2.98. The summed E-state index contributed by atoms with van der Waals surface area (Å²) >= 11 is 0.813. The van der Waals surface area contributed by atoms with Gasteiger partial charge in [-0.1, -0.05) is 0 Å². The molecule has 1 amide bonds. The summed E-state index contributed by atoms with van der Waals surface area (Å²) in [7, 11) is 0. The maximum Gasteiger partial charge on any atom is 0.277 e. The van der Waals surface area contributed by atoms with Crippen LogP contribution in [0, 0.1) is 11.6 Å². The van der Waals surface area contributed by atoms with E-state index in [1.807, 2.05) is 0 Å². The third-order valence-electron chi connectivity index (χ3n) is 1.62. The number of thiazole rings is 1. The molecule has 0 spiro atoms. The monoisotopic (exact) mass is 214 g/mol. The first kappa shape index (κ1) is 9.01. The molecule has 1 heterocycles. The van der Waals surface area contributed by atoms with E-state index in [1.54, 1.807) is 0 Å². The first-order valence-corrected chi connectivity index (χ1v) is 4.45. The SMILES string of the molecule is NC(=O)c1nc2cc(F)cc(F)c2s1. The van der Waals surface area contributed by atoms with Crippen molar-refractivity contribution in [1.82, 2.24) is 4.98 Å². The molecule has 0 aliphatic carbocycles. The number of halogens is 2. The van der Waals surface area contributed by atoms with Gasteiger partial charge in [-0.05, 0) is 0 Å². The van der Waals surface area contributed by atoms with Gasteiger partial charge in [-0.2, -0.15) is 0 Å². The van der Waals surface area contributed by atoms with E-state index >= 15 is 0 Å². The molecule has 0 saturated carbocycles. The molecule has 0 bridgehead atoms. The molecule has 0 fully saturated rings. The molecule has 0 saturated heterocycles. The summed E-state index contributed by atoms with van der Waals surface area (Å²) in [5.74, 6) is -2.20. The highest BCUT2D eigenvalue weighted by molar-refractivity contribution is 7.20. The Bertz CT molecular complexity index is 523. The molecular formula is C8H4F2N2OS. The van der Waals surface area contributed by atoms with Crippen LogP contribution in [-0.4, -0.2) is 10.9 Å². The van der Waals surface area contributed by atoms with E-state index < -0.39 is 17.5 Å². The quantitative estimate of drug-likeness (QED) is 0.785. The van der Waals surface area contributed by atoms with Crippen LogP contribution in [0.4, 0.5) is 8.78 Å². The highest BCUT2D eigenvalue weighted by atomic mass is 32.1. The van der Waals surface area contributed by atoms with Crippen molar-refractivity contribution < 1.29 is 13.6 Å². The number of hydrogen-bond donors (Lipinski definition) is 1. The van der Waals surface area contributed by atoms with Gasteiger partial charge in [0.05, 0.1) is 10.2 Å². The number of carbonyl (C=O) groups excluding carboxylic acids is 1. The van der Waals surface area contributed by atoms with E-state index in [4.69, 9.17) is 5.73 Å². The van der Waals surface area contributed by atoms with Crippen molar-refractivity contribution in [3.05, 3.63) is 28.8 Å². The maximum absolute atomic E-state index is 13.1. The summed E-state index contributed by atoms with van der Waals surface area (Å²) in [5, 5.41) is -0.0236. The Balaban J connectivity index is 2.76. The Morgan fingerprint density at radius 3 is 2.79 bits per heavy atom. The van der Waals surface area contributed by atoms with Crippen LogP contribution in [0.5, 0.6) is 0 Å². The van der Waals surface area contributed by atoms with E-state index in [0.717, 1.165) is 23.5 Å². The van der Waals surface area contributed by atoms with Gasteiger partial charge >= 0.3 is 0 Å². The third kappa shape index (κ3) is 1.33. The van der Waals surface area contributed by atoms with Crippen LogP contribution in [0.1, 0.15) is 9.80 Å². The molecule has 2 N–H and O–H groups in total. The molecule has 1 aromatic heterocycles. The maximum atomic E-state index is 13.1. The normalized spacial score (nSPS) is 10.7. The predicted molar refractivity (Wildman–Crippen MR) is 48.1 cm³/mol. The second-order valence-electron chi connectivity index (χ2n) is 2.62. The predicted octanol–water partition coefficient (Wildman–Crippen LogP) is 1.67. The fourth-order valence-electron chi connectivity index (χ4n) is 1.07. The van der Waals surface area contributed by atoms with Gasteiger partial charge in [0.25, 0.3) is 5.91 Å². The number of fused-ring (bicyclic) bond motifs is 1. The summed E-state index contributed by atoms with van der Waals surface area (Å²) < 4.78 is 26.0. The summed E-state index contributed by atoms with van der Waals surface area (Å²) in [6.07, 6.45) is 0. The molecule has 0 aliphatic heterocycles. The number of benzene rings is 1. The zero-order chi connectivity index (χ0) is 10.3. The molecule has 14 heavy (non-hydrogen) atoms. The molecule has 0 unspecified atom stereocenters. The highest BCUT2D eigenvalue weighted by Gasteiger charge is 2.12. The van der Waals surface area contributed by atoms with Crippen LogP contribution >= 0.6 is 11.3 Å². The van der Waals surface area contributed by atoms with Gasteiger partial charge in [-0.15, -0.1) is 11.3 Å². The number of rotatable bonds is 1. The number of hydrogen-bond acceptors (Lipinski definition) is 3. The van der Waals surface area contributed by atoms with Gasteiger partial charge in [-0.3, -0.25) is 4.79 Å². The van der Waals surface area contributed by atoms with Crippen molar-refractivity contribution in [1.29, 1.82) is 0 Å². The Labute approximate surface area is 81.2 Å². The van der Waals surface area contributed by atoms with Gasteiger partial charge in [0.1, 0.15) is 11.6 Å². The van der Waals surface area contributed by atoms with Crippen LogP contribution in [0.3, 0.4) is 0 Å². The van der Waals surface area contributed by atoms with Gasteiger partial charge in [0, 0.05) is 12.1 Å². The van der Waals surface area contributed by atoms with Gasteiger partial charge in [-0.25, -0.2) is 13.8 Å². The van der Waals surface area contributed by atoms with E-state index in [1.165, 1.54) is 0 Å². The molecule has 0 atom stereocenters. The minimum absolute atomic E-state index is 0.0236. The Kier molecular flexibility index (Phi) is 1.92. The van der Waals surface area contributed by atoms with Gasteiger partial charge in [0.15, 0.2) is 5.01 Å². The number of nitrogens with two attached hydrogens (primary N) is 1. The molecule has 2 rings (SSSR count). The van der Waals surface area contributed by atoms with Gasteiger partial charge in [0.2, 0.25) is 0 Å². The van der Waals surface area contributed by atoms with Crippen LogP contribution in [0.15, 0.2) is 12.1 Å². The van der Waals surface area contributed by atoms with Crippen LogP contribution in [0.2, 0.25) is 0 Å². The van der Waals surface area contributed by atoms with Crippen molar-refractivity contribution in [2.75, 3.05) is 0 Å². The molecule has 0 aliphatic rings. The zero-order valence-electron chi connectivity index (χ0n) is 6.75. The van der Waals surface area contributed by atoms with E-state index in [9.17, 15) is 13.6 Å². The van der Waals surface area contributed by atoms with Crippen molar-refractivity contribution in [3.63, 3.8) is 0 Å². The lowest BCUT2D eigenvalue weighted by molar-refractivity contribution is 0.1000. The summed E-state index contributed by atoms with van der Waals surface area (Å²) in [4.78, 5) is 14.4. The molecule has 3 nitrogen and oxygen atoms in total. The second-order valence-corrected chi connectivity index (χ2v) is 3.62. The minimum Gasteiger partial charge on any atom is -0.364 e. The Hall–Kier alpha value is -1.56. The smallest absolute Gasteiger partial charge is 0.277 e. The number of nitrogens with zero attached hydrogens (tertiary/aromatic N) is 1. The summed E-state index contributed by atoms with van der Waals surface area (Å²) in [5.41, 5.74) is 5.07. The fraction of sp³-hybridized carbons (Fsp3) is 0. The first-order chi connectivity index (χ1) is 6.58. The Morgan fingerprint density at radius 2 is 2.14 bits per heavy atom. The largest absolute Gasteiger partial charge is 0.364 e. The molecule has 6 heteroatoms. The number of carbonyl (C=O) groups is 1. The Morgan fingerprint density at radius 1 is 1.43 bits per heavy atom. The molecule has 2 aromatic rings. The van der Waals surface area contributed by atoms with Crippen molar-refractivity contribution in [2.24, 2.45) is 5.73 Å². The molecule has 1 aromatic carbocycles. The minimum atomic E-state index is -0.744. The molecule has 72 valence electrons. The van der Waals surface area contributed by atoms with Crippen molar-refractivity contribution in [2.45, 2.75) is 0 Å². The number of amides is 1. The van der Waals surface area contributed by atoms with Crippen LogP contribution in [0.25, 0.3) is 10.2 Å². The zero-order valence-corrected chi connectivity index (χ0v) is 7.57. The standard InChI is InChI=1S/C8H4F2N2OS/c9-3-1-4(10)6-5(2-3)12-8(14-6)7(11)13/h1-2H,(H2,11,13). The lowest BCUT2D eigenvalue weighted by atomic mass is 10.3. The van der Waals surface area contributed by atoms with Crippen molar-refractivity contribution in [3.8, 4) is 0 Å². The van der Waals surface area contributed by atoms with Gasteiger partial charge < -0.3 is 5.73 Å². The van der Waals surface area contributed by atoms with E-state index in [-0.39, 0.29) is 15.2 Å². The lowest BCUT2D eigenvalue weighted by Crippen LogP contribution is -2.09. The average Bonchev–Trinajstić information content (AvgIpc) is 2.47. The lowest BCUT2D eigenvalue weighted by Gasteiger charge is -1.89. The average molecular weight is 214 g/mol. The summed E-state index contributed by atoms with van der Waals surface area (Å²) in [6.45, 7) is 0. The highest BCUT2D eigenvalue weighted by Crippen LogP contribution is 2.25. The number of aromatic nitrogens is 1. The van der Waals surface area contributed by atoms with Crippen molar-refractivity contribution >= 4 is 27.5 Å². The number of primary amides is 1. The fourth-order valence-corrected chi connectivity index (χ4v) is 1.87. The summed E-state index contributed by atoms with van der Waals surface area (Å²) in [6, 6.07) is 1.80. The van der Waals surface area contributed by atoms with E-state index in [0.29, 0.717) is 0 Å². The first-order valence-electron chi connectivity index (χ1n) is 3.63. The topological polar surface area (TPSA) is 56.0 Å². The molecular weight excluding hydrogens is 210 g/mol.